The van der Waals surface area contributed by atoms with Crippen molar-refractivity contribution in [3.05, 3.63) is 0 Å². The number of rotatable bonds is 6. The number of hydrogen-bond donors (Lipinski definition) is 0. The van der Waals surface area contributed by atoms with E-state index in [0.29, 0.717) is 5.92 Å². The quantitative estimate of drug-likeness (QED) is 0.553. The highest BCUT2D eigenvalue weighted by molar-refractivity contribution is 7.79. The van der Waals surface area contributed by atoms with Crippen LogP contribution in [0.2, 0.25) is 0 Å². The zero-order valence-corrected chi connectivity index (χ0v) is 13.8. The van der Waals surface area contributed by atoms with Crippen molar-refractivity contribution in [1.82, 2.24) is 0 Å². The minimum atomic E-state index is 0.703. The Kier molecular flexibility index (Phi) is 6.84. The van der Waals surface area contributed by atoms with Gasteiger partial charge in [-0.05, 0) is 60.1 Å². The van der Waals surface area contributed by atoms with Gasteiger partial charge in [0.05, 0.1) is 0 Å². The summed E-state index contributed by atoms with van der Waals surface area (Å²) in [5, 5.41) is 2.09. The lowest BCUT2D eigenvalue weighted by Crippen LogP contribution is -2.34. The van der Waals surface area contributed by atoms with Crippen LogP contribution in [0, 0.1) is 35.5 Å². The van der Waals surface area contributed by atoms with Gasteiger partial charge in [0.25, 0.3) is 0 Å². The van der Waals surface area contributed by atoms with E-state index in [-0.39, 0.29) is 0 Å². The summed E-state index contributed by atoms with van der Waals surface area (Å²) in [7, 11) is 0. The van der Waals surface area contributed by atoms with E-state index in [1.807, 2.05) is 0 Å². The zero-order chi connectivity index (χ0) is 13.7. The van der Waals surface area contributed by atoms with Crippen molar-refractivity contribution >= 4 is 17.6 Å². The molecular formula is C17H32S. The summed E-state index contributed by atoms with van der Waals surface area (Å²) in [6, 6.07) is 0. The van der Waals surface area contributed by atoms with Gasteiger partial charge in [0.2, 0.25) is 0 Å². The third-order valence-electron chi connectivity index (χ3n) is 5.22. The molecule has 106 valence electrons. The third-order valence-corrected chi connectivity index (χ3v) is 5.57. The fraction of sp³-hybridized carbons (Fsp3) is 0.941. The molecule has 1 fully saturated rings. The monoisotopic (exact) mass is 268 g/mol. The van der Waals surface area contributed by atoms with Gasteiger partial charge in [-0.2, -0.15) is 0 Å². The second-order valence-electron chi connectivity index (χ2n) is 7.03. The molecule has 1 rings (SSSR count). The maximum absolute atomic E-state index is 5.32. The van der Waals surface area contributed by atoms with Crippen molar-refractivity contribution in [2.75, 3.05) is 0 Å². The van der Waals surface area contributed by atoms with Gasteiger partial charge in [0.15, 0.2) is 0 Å². The molecule has 1 heteroatoms. The van der Waals surface area contributed by atoms with E-state index in [9.17, 15) is 0 Å². The minimum absolute atomic E-state index is 0.703. The van der Waals surface area contributed by atoms with Crippen LogP contribution in [0.1, 0.15) is 66.7 Å². The molecule has 0 bridgehead atoms. The van der Waals surface area contributed by atoms with Gasteiger partial charge < -0.3 is 0 Å². The smallest absolute Gasteiger partial charge is 0.00972 e. The van der Waals surface area contributed by atoms with Gasteiger partial charge in [0, 0.05) is 0 Å². The van der Waals surface area contributed by atoms with Crippen molar-refractivity contribution in [3.63, 3.8) is 0 Å². The van der Waals surface area contributed by atoms with E-state index in [1.165, 1.54) is 32.1 Å². The number of hydrogen-bond acceptors (Lipinski definition) is 1. The SMILES string of the molecule is CCC(C)C1CC(C=S)C(CCC(C)C)CC1C. The summed E-state index contributed by atoms with van der Waals surface area (Å²) in [5.41, 5.74) is 0. The Morgan fingerprint density at radius 2 is 1.89 bits per heavy atom. The highest BCUT2D eigenvalue weighted by Crippen LogP contribution is 2.43. The molecule has 1 saturated carbocycles. The molecule has 0 aliphatic heterocycles. The lowest BCUT2D eigenvalue weighted by atomic mass is 9.64. The van der Waals surface area contributed by atoms with Crippen LogP contribution < -0.4 is 0 Å². The topological polar surface area (TPSA) is 0 Å². The van der Waals surface area contributed by atoms with Crippen LogP contribution >= 0.6 is 12.2 Å². The maximum Gasteiger partial charge on any atom is -0.00972 e. The van der Waals surface area contributed by atoms with E-state index in [0.717, 1.165) is 29.6 Å². The third kappa shape index (κ3) is 4.33. The predicted octanol–water partition coefficient (Wildman–Crippen LogP) is 5.75. The highest BCUT2D eigenvalue weighted by Gasteiger charge is 2.35. The van der Waals surface area contributed by atoms with Crippen LogP contribution in [0.25, 0.3) is 0 Å². The maximum atomic E-state index is 5.32. The molecule has 0 radical (unpaired) electrons. The normalized spacial score (nSPS) is 34.6. The van der Waals surface area contributed by atoms with E-state index < -0.39 is 0 Å². The Morgan fingerprint density at radius 1 is 1.22 bits per heavy atom. The fourth-order valence-corrected chi connectivity index (χ4v) is 4.04. The van der Waals surface area contributed by atoms with Crippen LogP contribution in [0.4, 0.5) is 0 Å². The lowest BCUT2D eigenvalue weighted by molar-refractivity contribution is 0.109. The predicted molar refractivity (Wildman–Crippen MR) is 86.1 cm³/mol. The Labute approximate surface area is 120 Å². The second-order valence-corrected chi connectivity index (χ2v) is 7.30. The minimum Gasteiger partial charge on any atom is -0.0932 e. The molecule has 0 N–H and O–H groups in total. The van der Waals surface area contributed by atoms with Crippen LogP contribution in [-0.2, 0) is 0 Å². The average Bonchev–Trinajstić information content (AvgIpc) is 2.35. The molecule has 5 atom stereocenters. The van der Waals surface area contributed by atoms with E-state index in [1.54, 1.807) is 0 Å². The summed E-state index contributed by atoms with van der Waals surface area (Å²) in [6.45, 7) is 11.9. The van der Waals surface area contributed by atoms with Crippen LogP contribution in [-0.4, -0.2) is 5.37 Å². The number of thiocarbonyl (C=S) groups is 1. The standard InChI is InChI=1S/C17H32S/c1-6-13(4)17-10-16(11-18)15(9-14(17)5)8-7-12(2)3/h11-17H,6-10H2,1-5H3. The van der Waals surface area contributed by atoms with E-state index >= 15 is 0 Å². The molecule has 5 unspecified atom stereocenters. The van der Waals surface area contributed by atoms with Gasteiger partial charge in [-0.1, -0.05) is 59.7 Å². The Morgan fingerprint density at radius 3 is 2.39 bits per heavy atom. The zero-order valence-electron chi connectivity index (χ0n) is 13.0. The fourth-order valence-electron chi connectivity index (χ4n) is 3.71. The van der Waals surface area contributed by atoms with Gasteiger partial charge in [0.1, 0.15) is 0 Å². The van der Waals surface area contributed by atoms with E-state index in [2.05, 4.69) is 40.0 Å². The van der Waals surface area contributed by atoms with Crippen LogP contribution in [0.3, 0.4) is 0 Å². The molecule has 0 saturated heterocycles. The van der Waals surface area contributed by atoms with Crippen molar-refractivity contribution in [2.45, 2.75) is 66.7 Å². The summed E-state index contributed by atoms with van der Waals surface area (Å²) >= 11 is 5.32. The Bertz CT molecular complexity index is 246. The largest absolute Gasteiger partial charge is 0.0932 e. The molecule has 18 heavy (non-hydrogen) atoms. The average molecular weight is 269 g/mol. The molecule has 0 amide bonds. The second kappa shape index (κ2) is 7.62. The van der Waals surface area contributed by atoms with Gasteiger partial charge in [-0.3, -0.25) is 0 Å². The lowest BCUT2D eigenvalue weighted by Gasteiger charge is -2.41. The molecule has 0 aromatic heterocycles. The molecule has 0 spiro atoms. The van der Waals surface area contributed by atoms with Gasteiger partial charge in [-0.25, -0.2) is 0 Å². The summed E-state index contributed by atoms with van der Waals surface area (Å²) < 4.78 is 0. The van der Waals surface area contributed by atoms with Crippen LogP contribution in [0.5, 0.6) is 0 Å². The first-order valence-electron chi connectivity index (χ1n) is 7.94. The van der Waals surface area contributed by atoms with Crippen molar-refractivity contribution < 1.29 is 0 Å². The van der Waals surface area contributed by atoms with Crippen molar-refractivity contribution in [2.24, 2.45) is 35.5 Å². The first kappa shape index (κ1) is 16.1. The van der Waals surface area contributed by atoms with E-state index in [4.69, 9.17) is 12.2 Å². The molecule has 0 aromatic carbocycles. The van der Waals surface area contributed by atoms with Gasteiger partial charge in [-0.15, -0.1) is 0 Å². The summed E-state index contributed by atoms with van der Waals surface area (Å²) in [4.78, 5) is 0. The summed E-state index contributed by atoms with van der Waals surface area (Å²) in [5.74, 6) is 5.05. The van der Waals surface area contributed by atoms with Crippen LogP contribution in [0.15, 0.2) is 0 Å². The molecule has 0 aromatic rings. The molecule has 1 aliphatic rings. The molecular weight excluding hydrogens is 236 g/mol. The molecule has 1 aliphatic carbocycles. The van der Waals surface area contributed by atoms with Crippen molar-refractivity contribution in [3.8, 4) is 0 Å². The summed E-state index contributed by atoms with van der Waals surface area (Å²) in [6.07, 6.45) is 6.82. The first-order chi connectivity index (χ1) is 8.49. The molecule has 0 heterocycles. The Hall–Kier alpha value is 0.0900. The molecule has 0 nitrogen and oxygen atoms in total. The Balaban J connectivity index is 2.60. The van der Waals surface area contributed by atoms with Gasteiger partial charge >= 0.3 is 0 Å². The first-order valence-corrected chi connectivity index (χ1v) is 8.41. The highest BCUT2D eigenvalue weighted by atomic mass is 32.1. The van der Waals surface area contributed by atoms with Crippen molar-refractivity contribution in [1.29, 1.82) is 0 Å².